The molecule has 3 rings (SSSR count). The number of rotatable bonds is 11. The van der Waals surface area contributed by atoms with Crippen LogP contribution >= 0.6 is 34.8 Å². The fourth-order valence-electron chi connectivity index (χ4n) is 3.77. The van der Waals surface area contributed by atoms with Crippen LogP contribution in [0.4, 0.5) is 5.69 Å². The molecule has 0 aromatic heterocycles. The first-order chi connectivity index (χ1) is 18.6. The van der Waals surface area contributed by atoms with Crippen LogP contribution in [-0.2, 0) is 16.0 Å². The average Bonchev–Trinajstić information content (AvgIpc) is 2.89. The van der Waals surface area contributed by atoms with Crippen LogP contribution in [-0.4, -0.2) is 55.5 Å². The summed E-state index contributed by atoms with van der Waals surface area (Å²) in [4.78, 5) is 40.8. The molecule has 0 aliphatic heterocycles. The maximum absolute atomic E-state index is 13.1. The number of carbonyl (C=O) groups excluding carboxylic acids is 3. The molecule has 0 fully saturated rings. The Morgan fingerprint density at radius 3 is 2.05 bits per heavy atom. The van der Waals surface area contributed by atoms with Crippen molar-refractivity contribution in [1.29, 1.82) is 0 Å². The summed E-state index contributed by atoms with van der Waals surface area (Å²) in [6, 6.07) is 15.9. The van der Waals surface area contributed by atoms with E-state index in [4.69, 9.17) is 39.5 Å². The van der Waals surface area contributed by atoms with Gasteiger partial charge in [0.1, 0.15) is 12.6 Å². The fraction of sp³-hybridized carbons (Fsp3) is 0.276. The van der Waals surface area contributed by atoms with Crippen LogP contribution in [0.1, 0.15) is 38.8 Å². The van der Waals surface area contributed by atoms with Gasteiger partial charge in [0.05, 0.1) is 26.2 Å². The predicted molar refractivity (Wildman–Crippen MR) is 156 cm³/mol. The second-order valence-corrected chi connectivity index (χ2v) is 10.2. The first kappa shape index (κ1) is 30.4. The molecular formula is C29H30Cl3N3O4. The first-order valence-corrected chi connectivity index (χ1v) is 13.5. The van der Waals surface area contributed by atoms with Gasteiger partial charge in [-0.2, -0.15) is 0 Å². The van der Waals surface area contributed by atoms with Crippen molar-refractivity contribution in [2.45, 2.75) is 26.3 Å². The Morgan fingerprint density at radius 2 is 1.46 bits per heavy atom. The summed E-state index contributed by atoms with van der Waals surface area (Å²) in [5.41, 5.74) is 2.43. The van der Waals surface area contributed by atoms with Crippen molar-refractivity contribution in [2.24, 2.45) is 0 Å². The predicted octanol–water partition coefficient (Wildman–Crippen LogP) is 6.04. The molecule has 0 saturated heterocycles. The minimum absolute atomic E-state index is 0.169. The van der Waals surface area contributed by atoms with E-state index in [2.05, 4.69) is 10.6 Å². The summed E-state index contributed by atoms with van der Waals surface area (Å²) < 4.78 is 5.48. The molecule has 206 valence electrons. The van der Waals surface area contributed by atoms with Crippen LogP contribution in [0.3, 0.4) is 0 Å². The molecule has 1 unspecified atom stereocenters. The molecule has 0 radical (unpaired) electrons. The van der Waals surface area contributed by atoms with E-state index < -0.39 is 23.8 Å². The molecular weight excluding hydrogens is 561 g/mol. The summed E-state index contributed by atoms with van der Waals surface area (Å²) in [5.74, 6) is -1.46. The Labute approximate surface area is 243 Å². The number of carbonyl (C=O) groups is 3. The number of hydrogen-bond donors (Lipinski definition) is 2. The number of ether oxygens (including phenoxy) is 1. The van der Waals surface area contributed by atoms with Crippen LogP contribution in [0.2, 0.25) is 15.1 Å². The SMILES string of the molecule is CCN(C)CCOC(=O)C(Cc1ccc(NC(=O)c2c(Cl)cccc2Cl)cc1)NC(=O)c1c(C)cccc1Cl. The highest BCUT2D eigenvalue weighted by molar-refractivity contribution is 6.40. The Morgan fingerprint density at radius 1 is 0.872 bits per heavy atom. The number of hydrogen-bond acceptors (Lipinski definition) is 5. The van der Waals surface area contributed by atoms with Gasteiger partial charge in [-0.25, -0.2) is 4.79 Å². The van der Waals surface area contributed by atoms with Crippen molar-refractivity contribution in [3.8, 4) is 0 Å². The average molecular weight is 591 g/mol. The maximum Gasteiger partial charge on any atom is 0.329 e. The normalized spacial score (nSPS) is 11.7. The number of benzene rings is 3. The zero-order valence-corrected chi connectivity index (χ0v) is 24.2. The molecule has 10 heteroatoms. The van der Waals surface area contributed by atoms with Gasteiger partial charge in [0.25, 0.3) is 11.8 Å². The molecule has 0 heterocycles. The third-order valence-electron chi connectivity index (χ3n) is 6.14. The van der Waals surface area contributed by atoms with E-state index in [1.54, 1.807) is 67.6 Å². The van der Waals surface area contributed by atoms with E-state index in [-0.39, 0.29) is 28.6 Å². The molecule has 0 spiro atoms. The van der Waals surface area contributed by atoms with E-state index in [1.807, 2.05) is 18.9 Å². The Bertz CT molecular complexity index is 1290. The van der Waals surface area contributed by atoms with Crippen LogP contribution in [0.15, 0.2) is 60.7 Å². The number of nitrogens with one attached hydrogen (secondary N) is 2. The third kappa shape index (κ3) is 8.44. The maximum atomic E-state index is 13.1. The highest BCUT2D eigenvalue weighted by Crippen LogP contribution is 2.25. The molecule has 7 nitrogen and oxygen atoms in total. The van der Waals surface area contributed by atoms with Crippen LogP contribution < -0.4 is 10.6 Å². The third-order valence-corrected chi connectivity index (χ3v) is 7.08. The number of aryl methyl sites for hydroxylation is 1. The molecule has 2 N–H and O–H groups in total. The Balaban J connectivity index is 1.75. The van der Waals surface area contributed by atoms with Crippen LogP contribution in [0.5, 0.6) is 0 Å². The fourth-order valence-corrected chi connectivity index (χ4v) is 4.65. The van der Waals surface area contributed by atoms with Gasteiger partial charge in [-0.05, 0) is 62.0 Å². The second-order valence-electron chi connectivity index (χ2n) is 8.97. The highest BCUT2D eigenvalue weighted by atomic mass is 35.5. The molecule has 39 heavy (non-hydrogen) atoms. The number of esters is 1. The Hall–Kier alpha value is -3.10. The van der Waals surface area contributed by atoms with Crippen LogP contribution in [0.25, 0.3) is 0 Å². The van der Waals surface area contributed by atoms with Crippen molar-refractivity contribution in [2.75, 3.05) is 32.1 Å². The molecule has 2 amide bonds. The topological polar surface area (TPSA) is 87.7 Å². The summed E-state index contributed by atoms with van der Waals surface area (Å²) in [5, 5.41) is 6.33. The van der Waals surface area contributed by atoms with Gasteiger partial charge in [-0.1, -0.05) is 72.1 Å². The number of anilines is 1. The molecule has 0 saturated carbocycles. The number of nitrogens with zero attached hydrogens (tertiary/aromatic N) is 1. The minimum atomic E-state index is -0.956. The number of likely N-dealkylation sites (N-methyl/N-ethyl adjacent to an activating group) is 1. The zero-order valence-electron chi connectivity index (χ0n) is 21.9. The molecule has 3 aromatic rings. The lowest BCUT2D eigenvalue weighted by Crippen LogP contribution is -2.44. The van der Waals surface area contributed by atoms with Gasteiger partial charge in [0.15, 0.2) is 0 Å². The zero-order chi connectivity index (χ0) is 28.5. The summed E-state index contributed by atoms with van der Waals surface area (Å²) in [6.45, 7) is 5.35. The molecule has 0 aliphatic carbocycles. The standard InChI is InChI=1S/C29H30Cl3N3O4/c1-4-35(3)15-16-39-29(38)24(34-27(36)25-18(2)7-5-8-21(25)30)17-19-11-13-20(14-12-19)33-28(37)26-22(31)9-6-10-23(26)32/h5-14,24H,4,15-17H2,1-3H3,(H,33,37)(H,34,36). The lowest BCUT2D eigenvalue weighted by Gasteiger charge is -2.20. The van der Waals surface area contributed by atoms with E-state index in [1.165, 1.54) is 0 Å². The molecule has 3 aromatic carbocycles. The number of halogens is 3. The van der Waals surface area contributed by atoms with Gasteiger partial charge >= 0.3 is 5.97 Å². The second kappa shape index (κ2) is 14.3. The summed E-state index contributed by atoms with van der Waals surface area (Å²) in [7, 11) is 1.92. The van der Waals surface area contributed by atoms with Crippen molar-refractivity contribution >= 4 is 58.3 Å². The van der Waals surface area contributed by atoms with Crippen LogP contribution in [0, 0.1) is 6.92 Å². The quantitative estimate of drug-likeness (QED) is 0.266. The van der Waals surface area contributed by atoms with Gasteiger partial charge in [0.2, 0.25) is 0 Å². The van der Waals surface area contributed by atoms with E-state index in [0.29, 0.717) is 28.4 Å². The number of amides is 2. The Kier molecular flexibility index (Phi) is 11.2. The molecule has 1 atom stereocenters. The van der Waals surface area contributed by atoms with E-state index in [0.717, 1.165) is 12.1 Å². The lowest BCUT2D eigenvalue weighted by molar-refractivity contribution is -0.146. The van der Waals surface area contributed by atoms with Gasteiger partial charge in [0, 0.05) is 18.7 Å². The highest BCUT2D eigenvalue weighted by Gasteiger charge is 2.25. The van der Waals surface area contributed by atoms with Gasteiger partial charge < -0.3 is 20.3 Å². The van der Waals surface area contributed by atoms with Crippen molar-refractivity contribution in [3.05, 3.63) is 98.0 Å². The minimum Gasteiger partial charge on any atom is -0.463 e. The van der Waals surface area contributed by atoms with Crippen molar-refractivity contribution < 1.29 is 19.1 Å². The summed E-state index contributed by atoms with van der Waals surface area (Å²) >= 11 is 18.5. The smallest absolute Gasteiger partial charge is 0.329 e. The van der Waals surface area contributed by atoms with E-state index >= 15 is 0 Å². The first-order valence-electron chi connectivity index (χ1n) is 12.4. The molecule has 0 bridgehead atoms. The largest absolute Gasteiger partial charge is 0.463 e. The van der Waals surface area contributed by atoms with Gasteiger partial charge in [-0.3, -0.25) is 9.59 Å². The van der Waals surface area contributed by atoms with Crippen molar-refractivity contribution in [1.82, 2.24) is 10.2 Å². The van der Waals surface area contributed by atoms with Crippen molar-refractivity contribution in [3.63, 3.8) is 0 Å². The van der Waals surface area contributed by atoms with E-state index in [9.17, 15) is 14.4 Å². The molecule has 0 aliphatic rings. The monoisotopic (exact) mass is 589 g/mol. The summed E-state index contributed by atoms with van der Waals surface area (Å²) in [6.07, 6.45) is 0.169. The van der Waals surface area contributed by atoms with Gasteiger partial charge in [-0.15, -0.1) is 0 Å². The lowest BCUT2D eigenvalue weighted by atomic mass is 10.0.